The van der Waals surface area contributed by atoms with Crippen molar-refractivity contribution < 1.29 is 0 Å². The van der Waals surface area contributed by atoms with Crippen LogP contribution < -0.4 is 5.32 Å². The van der Waals surface area contributed by atoms with Crippen molar-refractivity contribution in [2.75, 3.05) is 6.54 Å². The number of hydrogen-bond acceptors (Lipinski definition) is 1. The van der Waals surface area contributed by atoms with Gasteiger partial charge in [-0.25, -0.2) is 0 Å². The molecule has 0 aromatic rings. The van der Waals surface area contributed by atoms with E-state index in [-0.39, 0.29) is 0 Å². The Hall–Kier alpha value is -0.0400. The Kier molecular flexibility index (Phi) is 6.70. The molecule has 0 amide bonds. The lowest BCUT2D eigenvalue weighted by atomic mass is 9.81. The van der Waals surface area contributed by atoms with Crippen molar-refractivity contribution >= 4 is 0 Å². The Morgan fingerprint density at radius 3 is 2.44 bits per heavy atom. The van der Waals surface area contributed by atoms with Crippen LogP contribution >= 0.6 is 0 Å². The molecule has 0 aliphatic heterocycles. The summed E-state index contributed by atoms with van der Waals surface area (Å²) in [5.41, 5.74) is 0.426. The zero-order valence-corrected chi connectivity index (χ0v) is 13.4. The lowest BCUT2D eigenvalue weighted by Gasteiger charge is -2.31. The van der Waals surface area contributed by atoms with E-state index in [1.165, 1.54) is 51.5 Å². The van der Waals surface area contributed by atoms with Crippen LogP contribution in [-0.2, 0) is 0 Å². The van der Waals surface area contributed by atoms with Crippen LogP contribution in [0.25, 0.3) is 0 Å². The molecule has 0 radical (unpaired) electrons. The third kappa shape index (κ3) is 5.30. The maximum atomic E-state index is 3.85. The molecular weight excluding hydrogens is 218 g/mol. The zero-order valence-electron chi connectivity index (χ0n) is 13.4. The molecule has 0 heterocycles. The lowest BCUT2D eigenvalue weighted by Crippen LogP contribution is -2.39. The Morgan fingerprint density at radius 1 is 1.11 bits per heavy atom. The van der Waals surface area contributed by atoms with E-state index in [9.17, 15) is 0 Å². The van der Waals surface area contributed by atoms with E-state index in [2.05, 4.69) is 39.9 Å². The normalized spacial score (nSPS) is 26.3. The Morgan fingerprint density at radius 2 is 1.83 bits per heavy atom. The van der Waals surface area contributed by atoms with Gasteiger partial charge in [0, 0.05) is 12.6 Å². The molecule has 1 rings (SSSR count). The third-order valence-corrected chi connectivity index (χ3v) is 5.19. The van der Waals surface area contributed by atoms with Crippen LogP contribution in [0.5, 0.6) is 0 Å². The summed E-state index contributed by atoms with van der Waals surface area (Å²) in [5.74, 6) is 1.77. The van der Waals surface area contributed by atoms with Crippen molar-refractivity contribution in [3.8, 4) is 0 Å². The Balaban J connectivity index is 2.31. The molecule has 0 aromatic heterocycles. The largest absolute Gasteiger partial charge is 0.313 e. The molecular formula is C17H35N. The fourth-order valence-corrected chi connectivity index (χ4v) is 2.89. The molecule has 2 atom stereocenters. The average Bonchev–Trinajstić information content (AvgIpc) is 2.52. The van der Waals surface area contributed by atoms with Gasteiger partial charge in [-0.05, 0) is 36.5 Å². The summed E-state index contributed by atoms with van der Waals surface area (Å²) in [6.07, 6.45) is 9.97. The summed E-state index contributed by atoms with van der Waals surface area (Å²) < 4.78 is 0. The van der Waals surface area contributed by atoms with Gasteiger partial charge in [0.25, 0.3) is 0 Å². The lowest BCUT2D eigenvalue weighted by molar-refractivity contribution is 0.224. The van der Waals surface area contributed by atoms with Crippen LogP contribution in [0.3, 0.4) is 0 Å². The van der Waals surface area contributed by atoms with Crippen molar-refractivity contribution in [2.45, 2.75) is 85.6 Å². The monoisotopic (exact) mass is 253 g/mol. The third-order valence-electron chi connectivity index (χ3n) is 5.19. The van der Waals surface area contributed by atoms with E-state index in [4.69, 9.17) is 0 Å². The highest BCUT2D eigenvalue weighted by Crippen LogP contribution is 2.28. The first-order valence-corrected chi connectivity index (χ1v) is 8.19. The van der Waals surface area contributed by atoms with Crippen LogP contribution in [0.2, 0.25) is 0 Å². The number of hydrogen-bond donors (Lipinski definition) is 1. The predicted octanol–water partition coefficient (Wildman–Crippen LogP) is 5.01. The van der Waals surface area contributed by atoms with Crippen molar-refractivity contribution in [2.24, 2.45) is 17.3 Å². The van der Waals surface area contributed by atoms with Gasteiger partial charge in [-0.1, -0.05) is 60.3 Å². The second-order valence-corrected chi connectivity index (χ2v) is 7.38. The van der Waals surface area contributed by atoms with Gasteiger partial charge in [0.15, 0.2) is 0 Å². The molecule has 1 N–H and O–H groups in total. The molecule has 0 bridgehead atoms. The maximum Gasteiger partial charge on any atom is 0.00673 e. The van der Waals surface area contributed by atoms with Crippen LogP contribution in [0, 0.1) is 17.3 Å². The predicted molar refractivity (Wildman–Crippen MR) is 81.9 cm³/mol. The van der Waals surface area contributed by atoms with Gasteiger partial charge in [-0.2, -0.15) is 0 Å². The molecule has 1 nitrogen and oxygen atoms in total. The van der Waals surface area contributed by atoms with Gasteiger partial charge < -0.3 is 5.32 Å². The summed E-state index contributed by atoms with van der Waals surface area (Å²) in [7, 11) is 0. The van der Waals surface area contributed by atoms with Gasteiger partial charge in [0.2, 0.25) is 0 Å². The molecule has 1 heteroatoms. The Labute approximate surface area is 115 Å². The molecule has 1 aliphatic carbocycles. The van der Waals surface area contributed by atoms with Crippen LogP contribution in [0.4, 0.5) is 0 Å². The highest BCUT2D eigenvalue weighted by molar-refractivity contribution is 4.80. The summed E-state index contributed by atoms with van der Waals surface area (Å²) in [6.45, 7) is 13.0. The summed E-state index contributed by atoms with van der Waals surface area (Å²) in [5, 5.41) is 3.85. The SMILES string of the molecule is CCCC1CCCC(NCC(C)(C)C(C)C)CC1. The fourth-order valence-electron chi connectivity index (χ4n) is 2.89. The smallest absolute Gasteiger partial charge is 0.00673 e. The van der Waals surface area contributed by atoms with E-state index in [1.54, 1.807) is 0 Å². The second-order valence-electron chi connectivity index (χ2n) is 7.38. The van der Waals surface area contributed by atoms with E-state index in [1.807, 2.05) is 0 Å². The molecule has 1 aliphatic rings. The zero-order chi connectivity index (χ0) is 13.6. The van der Waals surface area contributed by atoms with Crippen LogP contribution in [0.15, 0.2) is 0 Å². The molecule has 0 aromatic carbocycles. The molecule has 1 fully saturated rings. The van der Waals surface area contributed by atoms with Crippen molar-refractivity contribution in [3.63, 3.8) is 0 Å². The van der Waals surface area contributed by atoms with E-state index >= 15 is 0 Å². The van der Waals surface area contributed by atoms with Gasteiger partial charge in [-0.3, -0.25) is 0 Å². The average molecular weight is 253 g/mol. The van der Waals surface area contributed by atoms with Gasteiger partial charge in [0.05, 0.1) is 0 Å². The van der Waals surface area contributed by atoms with Gasteiger partial charge in [0.1, 0.15) is 0 Å². The minimum absolute atomic E-state index is 0.426. The van der Waals surface area contributed by atoms with Gasteiger partial charge >= 0.3 is 0 Å². The molecule has 0 saturated heterocycles. The topological polar surface area (TPSA) is 12.0 Å². The van der Waals surface area contributed by atoms with Crippen molar-refractivity contribution in [1.29, 1.82) is 0 Å². The maximum absolute atomic E-state index is 3.85. The standard InChI is InChI=1S/C17H35N/c1-6-8-15-9-7-10-16(12-11-15)18-13-17(4,5)14(2)3/h14-16,18H,6-13H2,1-5H3. The first-order chi connectivity index (χ1) is 8.45. The molecule has 18 heavy (non-hydrogen) atoms. The van der Waals surface area contributed by atoms with E-state index in [0.29, 0.717) is 5.41 Å². The van der Waals surface area contributed by atoms with Crippen LogP contribution in [0.1, 0.15) is 79.6 Å². The Bertz CT molecular complexity index is 220. The van der Waals surface area contributed by atoms with Crippen LogP contribution in [-0.4, -0.2) is 12.6 Å². The highest BCUT2D eigenvalue weighted by atomic mass is 14.9. The molecule has 1 saturated carbocycles. The first-order valence-electron chi connectivity index (χ1n) is 8.19. The molecule has 108 valence electrons. The minimum atomic E-state index is 0.426. The minimum Gasteiger partial charge on any atom is -0.313 e. The van der Waals surface area contributed by atoms with Crippen molar-refractivity contribution in [1.82, 2.24) is 5.32 Å². The summed E-state index contributed by atoms with van der Waals surface area (Å²) in [6, 6.07) is 0.782. The second kappa shape index (κ2) is 7.53. The highest BCUT2D eigenvalue weighted by Gasteiger charge is 2.24. The van der Waals surface area contributed by atoms with Crippen molar-refractivity contribution in [3.05, 3.63) is 0 Å². The number of rotatable bonds is 6. The number of nitrogens with one attached hydrogen (secondary N) is 1. The summed E-state index contributed by atoms with van der Waals surface area (Å²) in [4.78, 5) is 0. The molecule has 2 unspecified atom stereocenters. The quantitative estimate of drug-likeness (QED) is 0.656. The van der Waals surface area contributed by atoms with Gasteiger partial charge in [-0.15, -0.1) is 0 Å². The first kappa shape index (κ1) is 16.0. The van der Waals surface area contributed by atoms with E-state index < -0.39 is 0 Å². The molecule has 0 spiro atoms. The summed E-state index contributed by atoms with van der Waals surface area (Å²) >= 11 is 0. The van der Waals surface area contributed by atoms with E-state index in [0.717, 1.165) is 17.9 Å². The fraction of sp³-hybridized carbons (Fsp3) is 1.00.